The molecule has 3 aromatic rings. The molecule has 1 saturated carbocycles. The average molecular weight is 363 g/mol. The Bertz CT molecular complexity index is 1010. The van der Waals surface area contributed by atoms with Gasteiger partial charge in [0.25, 0.3) is 0 Å². The number of nitrogens with zero attached hydrogens (tertiary/aromatic N) is 2. The molecule has 1 aliphatic rings. The first kappa shape index (κ1) is 17.1. The van der Waals surface area contributed by atoms with Crippen molar-refractivity contribution in [3.63, 3.8) is 0 Å². The molecule has 1 N–H and O–H groups in total. The fraction of sp³-hybridized carbons (Fsp3) is 0.190. The maximum atomic E-state index is 13.8. The Labute approximate surface area is 155 Å². The molecule has 0 radical (unpaired) electrons. The van der Waals surface area contributed by atoms with Gasteiger partial charge in [-0.15, -0.1) is 0 Å². The lowest BCUT2D eigenvalue weighted by molar-refractivity contribution is -0.117. The third-order valence-corrected chi connectivity index (χ3v) is 4.87. The second-order valence-corrected chi connectivity index (χ2v) is 6.73. The second-order valence-electron chi connectivity index (χ2n) is 6.73. The van der Waals surface area contributed by atoms with E-state index in [-0.39, 0.29) is 29.3 Å². The number of aryl methyl sites for hydroxylation is 1. The van der Waals surface area contributed by atoms with E-state index in [4.69, 9.17) is 0 Å². The Hall–Kier alpha value is -3.28. The number of halogens is 1. The largest absolute Gasteiger partial charge is 0.331 e. The van der Waals surface area contributed by atoms with Crippen molar-refractivity contribution in [2.24, 2.45) is 13.0 Å². The summed E-state index contributed by atoms with van der Waals surface area (Å²) >= 11 is 0. The number of amides is 1. The first-order chi connectivity index (χ1) is 13.0. The molecule has 136 valence electrons. The summed E-state index contributed by atoms with van der Waals surface area (Å²) in [5.74, 6) is -0.521. The molecule has 0 aliphatic heterocycles. The van der Waals surface area contributed by atoms with E-state index in [1.165, 1.54) is 6.07 Å². The first-order valence-corrected chi connectivity index (χ1v) is 8.72. The van der Waals surface area contributed by atoms with Gasteiger partial charge in [-0.2, -0.15) is 0 Å². The number of hydrogen-bond donors (Lipinski definition) is 1. The molecule has 0 spiro atoms. The molecule has 27 heavy (non-hydrogen) atoms. The summed E-state index contributed by atoms with van der Waals surface area (Å²) in [5.41, 5.74) is 1.70. The Balaban J connectivity index is 1.41. The lowest BCUT2D eigenvalue weighted by Crippen LogP contribution is -2.15. The van der Waals surface area contributed by atoms with Crippen LogP contribution in [0.2, 0.25) is 0 Å². The number of anilines is 1. The summed E-state index contributed by atoms with van der Waals surface area (Å²) in [6.07, 6.45) is 3.93. The zero-order valence-electron chi connectivity index (χ0n) is 14.7. The van der Waals surface area contributed by atoms with Crippen LogP contribution >= 0.6 is 0 Å². The minimum atomic E-state index is -0.269. The van der Waals surface area contributed by atoms with Crippen molar-refractivity contribution in [2.45, 2.75) is 12.3 Å². The van der Waals surface area contributed by atoms with Crippen LogP contribution in [0.15, 0.2) is 60.9 Å². The minimum absolute atomic E-state index is 0.0736. The Morgan fingerprint density at radius 3 is 2.56 bits per heavy atom. The second kappa shape index (κ2) is 6.79. The predicted octanol–water partition coefficient (Wildman–Crippen LogP) is 3.53. The minimum Gasteiger partial charge on any atom is -0.331 e. The number of carbonyl (C=O) groups excluding carboxylic acids is 2. The van der Waals surface area contributed by atoms with E-state index < -0.39 is 0 Å². The van der Waals surface area contributed by atoms with Gasteiger partial charge in [-0.1, -0.05) is 18.2 Å². The monoisotopic (exact) mass is 363 g/mol. The number of carbonyl (C=O) groups is 2. The summed E-state index contributed by atoms with van der Waals surface area (Å²) < 4.78 is 15.5. The lowest BCUT2D eigenvalue weighted by Gasteiger charge is -2.07. The maximum Gasteiger partial charge on any atom is 0.228 e. The molecule has 4 rings (SSSR count). The van der Waals surface area contributed by atoms with E-state index in [2.05, 4.69) is 10.3 Å². The number of aromatic nitrogens is 2. The number of nitrogens with one attached hydrogen (secondary N) is 1. The number of imidazole rings is 1. The molecular formula is C21H18FN3O2. The van der Waals surface area contributed by atoms with E-state index in [9.17, 15) is 14.0 Å². The molecule has 1 heterocycles. The van der Waals surface area contributed by atoms with Gasteiger partial charge in [-0.3, -0.25) is 9.59 Å². The molecule has 6 heteroatoms. The lowest BCUT2D eigenvalue weighted by atomic mass is 10.1. The van der Waals surface area contributed by atoms with Crippen LogP contribution < -0.4 is 5.32 Å². The van der Waals surface area contributed by atoms with Crippen molar-refractivity contribution < 1.29 is 14.0 Å². The molecule has 1 aromatic heterocycles. The van der Waals surface area contributed by atoms with Gasteiger partial charge in [-0.05, 0) is 48.2 Å². The molecule has 2 aromatic carbocycles. The topological polar surface area (TPSA) is 64.0 Å². The number of ketones is 1. The van der Waals surface area contributed by atoms with Crippen molar-refractivity contribution in [3.05, 3.63) is 83.7 Å². The highest BCUT2D eigenvalue weighted by atomic mass is 19.1. The molecule has 0 unspecified atom stereocenters. The molecule has 1 aliphatic carbocycles. The van der Waals surface area contributed by atoms with Gasteiger partial charge in [0.05, 0.1) is 0 Å². The zero-order valence-corrected chi connectivity index (χ0v) is 14.7. The standard InChI is InChI=1S/C21H18FN3O2/c1-25-11-10-23-20(25)19(26)13-6-8-14(9-7-13)24-21(27)17-12-16(17)15-4-2-3-5-18(15)22/h2-11,16-17H,12H2,1H3,(H,24,27)/t16-,17-/m1/s1. The summed E-state index contributed by atoms with van der Waals surface area (Å²) in [6.45, 7) is 0. The maximum absolute atomic E-state index is 13.8. The summed E-state index contributed by atoms with van der Waals surface area (Å²) in [6, 6.07) is 13.3. The van der Waals surface area contributed by atoms with Crippen LogP contribution in [0.25, 0.3) is 0 Å². The van der Waals surface area contributed by atoms with Gasteiger partial charge in [0.15, 0.2) is 5.82 Å². The predicted molar refractivity (Wildman–Crippen MR) is 99.0 cm³/mol. The Morgan fingerprint density at radius 1 is 1.15 bits per heavy atom. The molecular weight excluding hydrogens is 345 g/mol. The van der Waals surface area contributed by atoms with E-state index in [0.29, 0.717) is 29.1 Å². The highest BCUT2D eigenvalue weighted by Crippen LogP contribution is 2.48. The number of rotatable bonds is 5. The van der Waals surface area contributed by atoms with E-state index in [1.54, 1.807) is 66.5 Å². The zero-order chi connectivity index (χ0) is 19.0. The van der Waals surface area contributed by atoms with Gasteiger partial charge in [-0.25, -0.2) is 9.37 Å². The van der Waals surface area contributed by atoms with Crippen molar-refractivity contribution >= 4 is 17.4 Å². The van der Waals surface area contributed by atoms with Gasteiger partial charge in [0.2, 0.25) is 11.7 Å². The number of benzene rings is 2. The van der Waals surface area contributed by atoms with E-state index in [1.807, 2.05) is 0 Å². The van der Waals surface area contributed by atoms with Gasteiger partial charge < -0.3 is 9.88 Å². The summed E-state index contributed by atoms with van der Waals surface area (Å²) in [4.78, 5) is 28.9. The van der Waals surface area contributed by atoms with E-state index in [0.717, 1.165) is 0 Å². The summed E-state index contributed by atoms with van der Waals surface area (Å²) in [7, 11) is 1.76. The van der Waals surface area contributed by atoms with Gasteiger partial charge >= 0.3 is 0 Å². The number of hydrogen-bond acceptors (Lipinski definition) is 3. The van der Waals surface area contributed by atoms with Crippen LogP contribution in [-0.2, 0) is 11.8 Å². The average Bonchev–Trinajstić information content (AvgIpc) is 3.35. The van der Waals surface area contributed by atoms with Crippen LogP contribution in [0.1, 0.15) is 34.1 Å². The van der Waals surface area contributed by atoms with Crippen LogP contribution in [0.4, 0.5) is 10.1 Å². The SMILES string of the molecule is Cn1ccnc1C(=O)c1ccc(NC(=O)[C@@H]2C[C@@H]2c2ccccc2F)cc1. The Kier molecular flexibility index (Phi) is 4.32. The first-order valence-electron chi connectivity index (χ1n) is 8.72. The fourth-order valence-corrected chi connectivity index (χ4v) is 3.26. The fourth-order valence-electron chi connectivity index (χ4n) is 3.26. The van der Waals surface area contributed by atoms with E-state index >= 15 is 0 Å². The molecule has 0 saturated heterocycles. The van der Waals surface area contributed by atoms with Crippen molar-refractivity contribution in [2.75, 3.05) is 5.32 Å². The molecule has 1 amide bonds. The van der Waals surface area contributed by atoms with Crippen LogP contribution in [-0.4, -0.2) is 21.2 Å². The molecule has 0 bridgehead atoms. The summed E-state index contributed by atoms with van der Waals surface area (Å²) in [5, 5.41) is 2.84. The third kappa shape index (κ3) is 3.38. The van der Waals surface area contributed by atoms with Crippen LogP contribution in [0.5, 0.6) is 0 Å². The third-order valence-electron chi connectivity index (χ3n) is 4.87. The van der Waals surface area contributed by atoms with Crippen molar-refractivity contribution in [1.82, 2.24) is 9.55 Å². The normalized spacial score (nSPS) is 18.1. The molecule has 1 fully saturated rings. The smallest absolute Gasteiger partial charge is 0.228 e. The van der Waals surface area contributed by atoms with Gasteiger partial charge in [0, 0.05) is 36.6 Å². The quantitative estimate of drug-likeness (QED) is 0.706. The Morgan fingerprint density at radius 2 is 1.89 bits per heavy atom. The van der Waals surface area contributed by atoms with Crippen LogP contribution in [0.3, 0.4) is 0 Å². The van der Waals surface area contributed by atoms with Crippen molar-refractivity contribution in [3.8, 4) is 0 Å². The van der Waals surface area contributed by atoms with Crippen LogP contribution in [0, 0.1) is 11.7 Å². The molecule has 5 nitrogen and oxygen atoms in total. The highest BCUT2D eigenvalue weighted by Gasteiger charge is 2.45. The molecule has 2 atom stereocenters. The highest BCUT2D eigenvalue weighted by molar-refractivity contribution is 6.07. The van der Waals surface area contributed by atoms with Crippen molar-refractivity contribution in [1.29, 1.82) is 0 Å². The van der Waals surface area contributed by atoms with Gasteiger partial charge in [0.1, 0.15) is 5.82 Å².